The first-order valence-electron chi connectivity index (χ1n) is 5.31. The van der Waals surface area contributed by atoms with Gasteiger partial charge in [-0.3, -0.25) is 4.79 Å². The summed E-state index contributed by atoms with van der Waals surface area (Å²) in [6.07, 6.45) is 3.39. The van der Waals surface area contributed by atoms with Crippen molar-refractivity contribution in [3.05, 3.63) is 0 Å². The summed E-state index contributed by atoms with van der Waals surface area (Å²) in [6, 6.07) is 0. The van der Waals surface area contributed by atoms with Crippen molar-refractivity contribution < 1.29 is 9.90 Å². The van der Waals surface area contributed by atoms with E-state index in [0.29, 0.717) is 6.42 Å². The molecule has 0 aromatic heterocycles. The first kappa shape index (κ1) is 11.5. The summed E-state index contributed by atoms with van der Waals surface area (Å²) < 4.78 is 0. The van der Waals surface area contributed by atoms with Crippen LogP contribution in [0.5, 0.6) is 0 Å². The first-order chi connectivity index (χ1) is 6.28. The van der Waals surface area contributed by atoms with Crippen molar-refractivity contribution in [1.82, 2.24) is 0 Å². The number of carbonyl (C=O) groups is 1. The Kier molecular flexibility index (Phi) is 2.91. The highest BCUT2D eigenvalue weighted by atomic mass is 16.3. The summed E-state index contributed by atoms with van der Waals surface area (Å²) in [4.78, 5) is 11.3. The Morgan fingerprint density at radius 3 is 2.36 bits per heavy atom. The summed E-state index contributed by atoms with van der Waals surface area (Å²) >= 11 is 0. The van der Waals surface area contributed by atoms with Crippen molar-refractivity contribution in [3.63, 3.8) is 0 Å². The second-order valence-corrected chi connectivity index (χ2v) is 5.45. The van der Waals surface area contributed by atoms with Gasteiger partial charge in [-0.25, -0.2) is 0 Å². The number of primary amides is 1. The third kappa shape index (κ3) is 1.92. The van der Waals surface area contributed by atoms with E-state index in [2.05, 4.69) is 20.8 Å². The normalized spacial score (nSPS) is 34.1. The van der Waals surface area contributed by atoms with Gasteiger partial charge in [0.1, 0.15) is 5.60 Å². The molecule has 1 fully saturated rings. The Morgan fingerprint density at radius 1 is 1.43 bits per heavy atom. The average Bonchev–Trinajstić information content (AvgIpc) is 2.02. The number of rotatable bonds is 1. The van der Waals surface area contributed by atoms with E-state index >= 15 is 0 Å². The molecule has 0 aliphatic heterocycles. The van der Waals surface area contributed by atoms with Gasteiger partial charge in [-0.05, 0) is 18.3 Å². The molecule has 1 saturated carbocycles. The smallest absolute Gasteiger partial charge is 0.249 e. The van der Waals surface area contributed by atoms with Crippen molar-refractivity contribution >= 4 is 5.91 Å². The second-order valence-electron chi connectivity index (χ2n) is 5.45. The molecule has 2 atom stereocenters. The van der Waals surface area contributed by atoms with Crippen LogP contribution in [0.2, 0.25) is 0 Å². The van der Waals surface area contributed by atoms with Gasteiger partial charge in [-0.1, -0.05) is 33.6 Å². The molecular weight excluding hydrogens is 178 g/mol. The molecule has 0 spiro atoms. The number of aliphatic hydroxyl groups is 1. The largest absolute Gasteiger partial charge is 0.380 e. The van der Waals surface area contributed by atoms with Crippen LogP contribution in [-0.2, 0) is 4.79 Å². The maximum atomic E-state index is 11.3. The monoisotopic (exact) mass is 199 g/mol. The maximum Gasteiger partial charge on any atom is 0.249 e. The molecule has 0 heterocycles. The molecule has 3 heteroatoms. The van der Waals surface area contributed by atoms with Crippen LogP contribution in [0.25, 0.3) is 0 Å². The molecule has 3 nitrogen and oxygen atoms in total. The molecule has 2 unspecified atom stereocenters. The van der Waals surface area contributed by atoms with Crippen molar-refractivity contribution in [3.8, 4) is 0 Å². The lowest BCUT2D eigenvalue weighted by atomic mass is 9.63. The van der Waals surface area contributed by atoms with Crippen molar-refractivity contribution in [1.29, 1.82) is 0 Å². The van der Waals surface area contributed by atoms with Crippen LogP contribution in [0.1, 0.15) is 46.5 Å². The fraction of sp³-hybridized carbons (Fsp3) is 0.909. The van der Waals surface area contributed by atoms with Gasteiger partial charge in [0.2, 0.25) is 5.91 Å². The lowest BCUT2D eigenvalue weighted by Gasteiger charge is -2.44. The third-order valence-corrected chi connectivity index (χ3v) is 3.35. The molecule has 0 bridgehead atoms. The Balaban J connectivity index is 2.95. The van der Waals surface area contributed by atoms with Gasteiger partial charge in [0.05, 0.1) is 0 Å². The Morgan fingerprint density at radius 2 is 2.00 bits per heavy atom. The standard InChI is InChI=1S/C11H21NO2/c1-10(2,3)8-6-4-5-7-11(8,14)9(12)13/h8,14H,4-7H2,1-3H3,(H2,12,13). The fourth-order valence-electron chi connectivity index (χ4n) is 2.60. The molecule has 82 valence electrons. The van der Waals surface area contributed by atoms with Crippen LogP contribution in [0.3, 0.4) is 0 Å². The zero-order valence-electron chi connectivity index (χ0n) is 9.34. The molecule has 1 rings (SSSR count). The highest BCUT2D eigenvalue weighted by Crippen LogP contribution is 2.44. The van der Waals surface area contributed by atoms with Gasteiger partial charge < -0.3 is 10.8 Å². The Bertz CT molecular complexity index is 232. The highest BCUT2D eigenvalue weighted by Gasteiger charge is 2.48. The minimum Gasteiger partial charge on any atom is -0.380 e. The number of carbonyl (C=O) groups excluding carboxylic acids is 1. The van der Waals surface area contributed by atoms with Crippen LogP contribution in [0.15, 0.2) is 0 Å². The predicted molar refractivity (Wildman–Crippen MR) is 55.6 cm³/mol. The molecule has 0 radical (unpaired) electrons. The second kappa shape index (κ2) is 3.54. The van der Waals surface area contributed by atoms with Crippen LogP contribution >= 0.6 is 0 Å². The third-order valence-electron chi connectivity index (χ3n) is 3.35. The van der Waals surface area contributed by atoms with Gasteiger partial charge >= 0.3 is 0 Å². The van der Waals surface area contributed by atoms with Crippen molar-refractivity contribution in [2.75, 3.05) is 0 Å². The van der Waals surface area contributed by atoms with E-state index < -0.39 is 11.5 Å². The summed E-state index contributed by atoms with van der Waals surface area (Å²) in [5, 5.41) is 10.3. The van der Waals surface area contributed by atoms with E-state index in [1.54, 1.807) is 0 Å². The average molecular weight is 199 g/mol. The van der Waals surface area contributed by atoms with E-state index in [-0.39, 0.29) is 11.3 Å². The van der Waals surface area contributed by atoms with Crippen molar-refractivity contribution in [2.45, 2.75) is 52.1 Å². The molecule has 0 aromatic rings. The minimum absolute atomic E-state index is 0.0127. The van der Waals surface area contributed by atoms with Crippen LogP contribution in [-0.4, -0.2) is 16.6 Å². The highest BCUT2D eigenvalue weighted by molar-refractivity contribution is 5.83. The minimum atomic E-state index is -1.28. The van der Waals surface area contributed by atoms with Crippen LogP contribution < -0.4 is 5.73 Å². The molecule has 0 aromatic carbocycles. The number of hydrogen-bond acceptors (Lipinski definition) is 2. The zero-order chi connectivity index (χ0) is 11.0. The van der Waals surface area contributed by atoms with E-state index in [0.717, 1.165) is 19.3 Å². The van der Waals surface area contributed by atoms with E-state index in [1.165, 1.54) is 0 Å². The quantitative estimate of drug-likeness (QED) is 0.671. The van der Waals surface area contributed by atoms with Gasteiger partial charge in [-0.15, -0.1) is 0 Å². The summed E-state index contributed by atoms with van der Waals surface area (Å²) in [5.74, 6) is -0.571. The molecule has 14 heavy (non-hydrogen) atoms. The maximum absolute atomic E-state index is 11.3. The van der Waals surface area contributed by atoms with E-state index in [1.807, 2.05) is 0 Å². The van der Waals surface area contributed by atoms with Crippen LogP contribution in [0, 0.1) is 11.3 Å². The molecule has 3 N–H and O–H groups in total. The molecule has 1 amide bonds. The molecule has 0 saturated heterocycles. The van der Waals surface area contributed by atoms with Crippen molar-refractivity contribution in [2.24, 2.45) is 17.1 Å². The first-order valence-corrected chi connectivity index (χ1v) is 5.31. The predicted octanol–water partition coefficient (Wildman–Crippen LogP) is 1.44. The van der Waals surface area contributed by atoms with Crippen LogP contribution in [0.4, 0.5) is 0 Å². The topological polar surface area (TPSA) is 63.3 Å². The lowest BCUT2D eigenvalue weighted by molar-refractivity contribution is -0.153. The number of amides is 1. The Hall–Kier alpha value is -0.570. The van der Waals surface area contributed by atoms with E-state index in [4.69, 9.17) is 5.73 Å². The van der Waals surface area contributed by atoms with Gasteiger partial charge in [-0.2, -0.15) is 0 Å². The lowest BCUT2D eigenvalue weighted by Crippen LogP contribution is -2.55. The Labute approximate surface area is 85.7 Å². The van der Waals surface area contributed by atoms with E-state index in [9.17, 15) is 9.90 Å². The fourth-order valence-corrected chi connectivity index (χ4v) is 2.60. The summed E-state index contributed by atoms with van der Waals surface area (Å²) in [5.41, 5.74) is 3.95. The molecule has 1 aliphatic carbocycles. The SMILES string of the molecule is CC(C)(C)C1CCCCC1(O)C(N)=O. The summed E-state index contributed by atoms with van der Waals surface area (Å²) in [6.45, 7) is 6.16. The van der Waals surface area contributed by atoms with Gasteiger partial charge in [0.15, 0.2) is 0 Å². The summed E-state index contributed by atoms with van der Waals surface area (Å²) in [7, 11) is 0. The zero-order valence-corrected chi connectivity index (χ0v) is 9.34. The number of nitrogens with two attached hydrogens (primary N) is 1. The number of hydrogen-bond donors (Lipinski definition) is 2. The molecular formula is C11H21NO2. The van der Waals surface area contributed by atoms with Gasteiger partial charge in [0, 0.05) is 5.92 Å². The molecule has 1 aliphatic rings. The van der Waals surface area contributed by atoms with Gasteiger partial charge in [0.25, 0.3) is 0 Å².